The first-order chi connectivity index (χ1) is 10.9. The van der Waals surface area contributed by atoms with Gasteiger partial charge in [-0.25, -0.2) is 9.59 Å². The Balaban J connectivity index is 2.16. The van der Waals surface area contributed by atoms with E-state index in [0.717, 1.165) is 6.07 Å². The van der Waals surface area contributed by atoms with E-state index in [0.29, 0.717) is 16.8 Å². The number of anilines is 1. The van der Waals surface area contributed by atoms with Gasteiger partial charge in [0.15, 0.2) is 0 Å². The second-order valence-electron chi connectivity index (χ2n) is 4.83. The minimum Gasteiger partial charge on any atom is -0.478 e. The molecule has 0 heterocycles. The van der Waals surface area contributed by atoms with Gasteiger partial charge in [-0.1, -0.05) is 0 Å². The van der Waals surface area contributed by atoms with Crippen molar-refractivity contribution in [3.05, 3.63) is 64.7 Å². The van der Waals surface area contributed by atoms with Crippen LogP contribution in [-0.2, 0) is 6.54 Å². The van der Waals surface area contributed by atoms with Gasteiger partial charge in [-0.15, -0.1) is 0 Å². The van der Waals surface area contributed by atoms with E-state index in [1.165, 1.54) is 12.1 Å². The largest absolute Gasteiger partial charge is 0.478 e. The highest BCUT2D eigenvalue weighted by molar-refractivity contribution is 5.95. The van der Waals surface area contributed by atoms with E-state index in [1.807, 2.05) is 0 Å². The molecule has 23 heavy (non-hydrogen) atoms. The molecule has 0 saturated carbocycles. The van der Waals surface area contributed by atoms with Crippen LogP contribution in [0.3, 0.4) is 0 Å². The van der Waals surface area contributed by atoms with Gasteiger partial charge >= 0.3 is 11.9 Å². The predicted molar refractivity (Wildman–Crippen MR) is 82.4 cm³/mol. The molecule has 0 aliphatic heterocycles. The van der Waals surface area contributed by atoms with Gasteiger partial charge in [-0.3, -0.25) is 4.79 Å². The van der Waals surface area contributed by atoms with E-state index in [2.05, 4.69) is 5.32 Å². The van der Waals surface area contributed by atoms with E-state index < -0.39 is 11.9 Å². The van der Waals surface area contributed by atoms with Crippen molar-refractivity contribution in [1.82, 2.24) is 5.32 Å². The molecule has 0 aromatic heterocycles. The third kappa shape index (κ3) is 4.07. The lowest BCUT2D eigenvalue weighted by Gasteiger charge is -2.08. The van der Waals surface area contributed by atoms with E-state index in [9.17, 15) is 14.4 Å². The van der Waals surface area contributed by atoms with Crippen molar-refractivity contribution in [2.24, 2.45) is 0 Å². The molecule has 5 N–H and O–H groups in total. The summed E-state index contributed by atoms with van der Waals surface area (Å²) < 4.78 is 0. The van der Waals surface area contributed by atoms with Crippen molar-refractivity contribution in [1.29, 1.82) is 0 Å². The van der Waals surface area contributed by atoms with Crippen LogP contribution in [-0.4, -0.2) is 28.1 Å². The van der Waals surface area contributed by atoms with Crippen LogP contribution in [0.5, 0.6) is 0 Å². The molecule has 0 spiro atoms. The molecule has 0 unspecified atom stereocenters. The molecule has 0 saturated heterocycles. The summed E-state index contributed by atoms with van der Waals surface area (Å²) in [5.74, 6) is -2.85. The number of carbonyl (C=O) groups is 3. The molecule has 2 aromatic carbocycles. The van der Waals surface area contributed by atoms with Gasteiger partial charge in [0.1, 0.15) is 0 Å². The highest BCUT2D eigenvalue weighted by Gasteiger charge is 2.12. The summed E-state index contributed by atoms with van der Waals surface area (Å²) in [6.07, 6.45) is 0. The summed E-state index contributed by atoms with van der Waals surface area (Å²) >= 11 is 0. The summed E-state index contributed by atoms with van der Waals surface area (Å²) in [5, 5.41) is 20.6. The highest BCUT2D eigenvalue weighted by atomic mass is 16.4. The number of hydrogen-bond donors (Lipinski definition) is 4. The Hall–Kier alpha value is -3.35. The third-order valence-corrected chi connectivity index (χ3v) is 3.11. The summed E-state index contributed by atoms with van der Waals surface area (Å²) in [5.41, 5.74) is 6.54. The van der Waals surface area contributed by atoms with E-state index >= 15 is 0 Å². The number of rotatable bonds is 5. The Bertz CT molecular complexity index is 736. The van der Waals surface area contributed by atoms with Crippen LogP contribution in [0.4, 0.5) is 5.69 Å². The first kappa shape index (κ1) is 16.0. The van der Waals surface area contributed by atoms with Gasteiger partial charge in [0, 0.05) is 17.8 Å². The lowest BCUT2D eigenvalue weighted by atomic mass is 10.1. The number of hydrogen-bond acceptors (Lipinski definition) is 4. The van der Waals surface area contributed by atoms with Gasteiger partial charge in [0.25, 0.3) is 5.91 Å². The zero-order chi connectivity index (χ0) is 17.0. The molecule has 0 aliphatic carbocycles. The fourth-order valence-electron chi connectivity index (χ4n) is 1.96. The van der Waals surface area contributed by atoms with Gasteiger partial charge in [0.2, 0.25) is 0 Å². The quantitative estimate of drug-likeness (QED) is 0.620. The Morgan fingerprint density at radius 3 is 1.87 bits per heavy atom. The molecule has 0 bridgehead atoms. The molecule has 7 heteroatoms. The minimum absolute atomic E-state index is 0.00457. The Morgan fingerprint density at radius 1 is 0.870 bits per heavy atom. The number of nitrogens with one attached hydrogen (secondary N) is 1. The predicted octanol–water partition coefficient (Wildman–Crippen LogP) is 1.60. The summed E-state index contributed by atoms with van der Waals surface area (Å²) in [7, 11) is 0. The number of benzene rings is 2. The molecule has 0 radical (unpaired) electrons. The van der Waals surface area contributed by atoms with Crippen molar-refractivity contribution in [2.45, 2.75) is 6.54 Å². The SMILES string of the molecule is Nc1ccc(C(=O)NCc2cc(C(=O)O)cc(C(=O)O)c2)cc1. The lowest BCUT2D eigenvalue weighted by molar-refractivity contribution is 0.0696. The van der Waals surface area contributed by atoms with Crippen LogP contribution in [0.1, 0.15) is 36.6 Å². The number of amides is 1. The molecule has 118 valence electrons. The maximum Gasteiger partial charge on any atom is 0.335 e. The van der Waals surface area contributed by atoms with Crippen molar-refractivity contribution in [3.8, 4) is 0 Å². The Labute approximate surface area is 131 Å². The molecular weight excluding hydrogens is 300 g/mol. The van der Waals surface area contributed by atoms with Crippen LogP contribution < -0.4 is 11.1 Å². The van der Waals surface area contributed by atoms with Gasteiger partial charge in [0.05, 0.1) is 11.1 Å². The van der Waals surface area contributed by atoms with Crippen molar-refractivity contribution >= 4 is 23.5 Å². The van der Waals surface area contributed by atoms with E-state index in [-0.39, 0.29) is 23.6 Å². The average molecular weight is 314 g/mol. The molecule has 0 fully saturated rings. The van der Waals surface area contributed by atoms with Crippen molar-refractivity contribution < 1.29 is 24.6 Å². The summed E-state index contributed by atoms with van der Waals surface area (Å²) in [4.78, 5) is 34.0. The fraction of sp³-hybridized carbons (Fsp3) is 0.0625. The zero-order valence-electron chi connectivity index (χ0n) is 11.9. The number of carboxylic acids is 2. The fourth-order valence-corrected chi connectivity index (χ4v) is 1.96. The van der Waals surface area contributed by atoms with E-state index in [1.54, 1.807) is 24.3 Å². The summed E-state index contributed by atoms with van der Waals surface area (Å²) in [6.45, 7) is 0.00457. The van der Waals surface area contributed by atoms with Gasteiger partial charge in [-0.2, -0.15) is 0 Å². The van der Waals surface area contributed by atoms with Crippen molar-refractivity contribution in [3.63, 3.8) is 0 Å². The monoisotopic (exact) mass is 314 g/mol. The number of carboxylic acid groups (broad SMARTS) is 2. The normalized spacial score (nSPS) is 10.1. The number of carbonyl (C=O) groups excluding carboxylic acids is 1. The molecule has 2 aromatic rings. The molecule has 2 rings (SSSR count). The van der Waals surface area contributed by atoms with Crippen LogP contribution in [0.25, 0.3) is 0 Å². The Kier molecular flexibility index (Phi) is 4.61. The second kappa shape index (κ2) is 6.61. The molecule has 7 nitrogen and oxygen atoms in total. The first-order valence-corrected chi connectivity index (χ1v) is 6.61. The maximum atomic E-state index is 12.0. The maximum absolute atomic E-state index is 12.0. The number of nitrogen functional groups attached to an aromatic ring is 1. The van der Waals surface area contributed by atoms with Crippen molar-refractivity contribution in [2.75, 3.05) is 5.73 Å². The van der Waals surface area contributed by atoms with Crippen LogP contribution in [0, 0.1) is 0 Å². The minimum atomic E-state index is -1.24. The van der Waals surface area contributed by atoms with Crippen LogP contribution >= 0.6 is 0 Å². The van der Waals surface area contributed by atoms with Gasteiger partial charge < -0.3 is 21.3 Å². The molecule has 1 amide bonds. The smallest absolute Gasteiger partial charge is 0.335 e. The number of aromatic carboxylic acids is 2. The summed E-state index contributed by atoms with van der Waals surface area (Å²) in [6, 6.07) is 9.99. The molecule has 0 atom stereocenters. The van der Waals surface area contributed by atoms with Crippen LogP contribution in [0.2, 0.25) is 0 Å². The number of nitrogens with two attached hydrogens (primary N) is 1. The average Bonchev–Trinajstić information content (AvgIpc) is 2.52. The zero-order valence-corrected chi connectivity index (χ0v) is 11.9. The highest BCUT2D eigenvalue weighted by Crippen LogP contribution is 2.12. The molecule has 0 aliphatic rings. The van der Waals surface area contributed by atoms with Gasteiger partial charge in [-0.05, 0) is 48.0 Å². The second-order valence-corrected chi connectivity index (χ2v) is 4.83. The molecular formula is C16H14N2O5. The third-order valence-electron chi connectivity index (χ3n) is 3.11. The van der Waals surface area contributed by atoms with Crippen LogP contribution in [0.15, 0.2) is 42.5 Å². The lowest BCUT2D eigenvalue weighted by Crippen LogP contribution is -2.23. The van der Waals surface area contributed by atoms with E-state index in [4.69, 9.17) is 15.9 Å². The standard InChI is InChI=1S/C16H14N2O5/c17-13-3-1-10(2-4-13)14(19)18-8-9-5-11(15(20)21)7-12(6-9)16(22)23/h1-7H,8,17H2,(H,18,19)(H,20,21)(H,22,23). The first-order valence-electron chi connectivity index (χ1n) is 6.61. The topological polar surface area (TPSA) is 130 Å². The Morgan fingerprint density at radius 2 is 1.39 bits per heavy atom.